The van der Waals surface area contributed by atoms with E-state index in [0.29, 0.717) is 16.6 Å². The molecule has 0 amide bonds. The van der Waals surface area contributed by atoms with Crippen LogP contribution in [0.3, 0.4) is 0 Å². The van der Waals surface area contributed by atoms with E-state index in [0.717, 1.165) is 16.8 Å². The number of esters is 1. The fraction of sp³-hybridized carbons (Fsp3) is 0.188. The molecule has 0 aliphatic carbocycles. The SMILES string of the molecule is COC(=O)c1cccc(NCc2cccc(Br)c2O)c1C. The smallest absolute Gasteiger partial charge is 0.338 e. The van der Waals surface area contributed by atoms with Gasteiger partial charge in [-0.1, -0.05) is 18.2 Å². The molecule has 0 atom stereocenters. The molecule has 0 aliphatic rings. The van der Waals surface area contributed by atoms with Crippen molar-refractivity contribution >= 4 is 27.6 Å². The van der Waals surface area contributed by atoms with Crippen LogP contribution < -0.4 is 5.32 Å². The molecule has 0 aliphatic heterocycles. The van der Waals surface area contributed by atoms with E-state index < -0.39 is 0 Å². The fourth-order valence-corrected chi connectivity index (χ4v) is 2.46. The first-order valence-corrected chi connectivity index (χ1v) is 7.22. The van der Waals surface area contributed by atoms with Crippen molar-refractivity contribution in [1.82, 2.24) is 0 Å². The molecule has 0 fully saturated rings. The van der Waals surface area contributed by atoms with Gasteiger partial charge in [-0.15, -0.1) is 0 Å². The zero-order chi connectivity index (χ0) is 15.4. The molecule has 2 aromatic rings. The van der Waals surface area contributed by atoms with Crippen molar-refractivity contribution in [3.8, 4) is 5.75 Å². The lowest BCUT2D eigenvalue weighted by molar-refractivity contribution is 0.0600. The molecule has 2 aromatic carbocycles. The molecule has 0 unspecified atom stereocenters. The predicted octanol–water partition coefficient (Wildman–Crippen LogP) is 3.86. The van der Waals surface area contributed by atoms with E-state index >= 15 is 0 Å². The maximum absolute atomic E-state index is 11.7. The minimum absolute atomic E-state index is 0.215. The Hall–Kier alpha value is -2.01. The van der Waals surface area contributed by atoms with Crippen LogP contribution in [0.4, 0.5) is 5.69 Å². The largest absolute Gasteiger partial charge is 0.506 e. The van der Waals surface area contributed by atoms with Crippen molar-refractivity contribution in [2.24, 2.45) is 0 Å². The molecule has 0 heterocycles. The first-order chi connectivity index (χ1) is 10.0. The summed E-state index contributed by atoms with van der Waals surface area (Å²) in [6, 6.07) is 10.9. The predicted molar refractivity (Wildman–Crippen MR) is 85.7 cm³/mol. The topological polar surface area (TPSA) is 58.6 Å². The van der Waals surface area contributed by atoms with Gasteiger partial charge < -0.3 is 15.2 Å². The van der Waals surface area contributed by atoms with Crippen molar-refractivity contribution in [3.63, 3.8) is 0 Å². The van der Waals surface area contributed by atoms with Gasteiger partial charge in [0.1, 0.15) is 5.75 Å². The number of nitrogens with one attached hydrogen (secondary N) is 1. The van der Waals surface area contributed by atoms with Crippen molar-refractivity contribution in [3.05, 3.63) is 57.6 Å². The van der Waals surface area contributed by atoms with E-state index in [2.05, 4.69) is 21.2 Å². The summed E-state index contributed by atoms with van der Waals surface area (Å²) < 4.78 is 5.41. The maximum Gasteiger partial charge on any atom is 0.338 e. The number of anilines is 1. The van der Waals surface area contributed by atoms with Crippen molar-refractivity contribution in [2.45, 2.75) is 13.5 Å². The molecule has 21 heavy (non-hydrogen) atoms. The normalized spacial score (nSPS) is 10.2. The van der Waals surface area contributed by atoms with Crippen LogP contribution in [0.25, 0.3) is 0 Å². The summed E-state index contributed by atoms with van der Waals surface area (Å²) in [6.45, 7) is 2.31. The van der Waals surface area contributed by atoms with Gasteiger partial charge in [0.2, 0.25) is 0 Å². The molecule has 0 saturated heterocycles. The number of benzene rings is 2. The number of phenols is 1. The van der Waals surface area contributed by atoms with Crippen molar-refractivity contribution < 1.29 is 14.6 Å². The summed E-state index contributed by atoms with van der Waals surface area (Å²) in [6.07, 6.45) is 0. The zero-order valence-corrected chi connectivity index (χ0v) is 13.4. The van der Waals surface area contributed by atoms with Gasteiger partial charge in [0.15, 0.2) is 0 Å². The summed E-state index contributed by atoms with van der Waals surface area (Å²) in [7, 11) is 1.36. The molecule has 0 saturated carbocycles. The number of para-hydroxylation sites is 1. The molecule has 110 valence electrons. The highest BCUT2D eigenvalue weighted by Gasteiger charge is 2.12. The van der Waals surface area contributed by atoms with E-state index in [1.54, 1.807) is 18.2 Å². The number of rotatable bonds is 4. The molecule has 0 aromatic heterocycles. The first-order valence-electron chi connectivity index (χ1n) is 6.42. The molecule has 5 heteroatoms. The van der Waals surface area contributed by atoms with E-state index in [1.807, 2.05) is 25.1 Å². The molecular formula is C16H16BrNO3. The van der Waals surface area contributed by atoms with E-state index in [9.17, 15) is 9.90 Å². The quantitative estimate of drug-likeness (QED) is 0.822. The molecule has 4 nitrogen and oxygen atoms in total. The van der Waals surface area contributed by atoms with Gasteiger partial charge in [0.25, 0.3) is 0 Å². The molecule has 0 bridgehead atoms. The number of carbonyl (C=O) groups excluding carboxylic acids is 1. The minimum Gasteiger partial charge on any atom is -0.506 e. The van der Waals surface area contributed by atoms with Gasteiger partial charge in [0, 0.05) is 17.8 Å². The summed E-state index contributed by atoms with van der Waals surface area (Å²) in [4.78, 5) is 11.7. The second-order valence-electron chi connectivity index (χ2n) is 4.57. The van der Waals surface area contributed by atoms with Crippen LogP contribution in [0.15, 0.2) is 40.9 Å². The van der Waals surface area contributed by atoms with E-state index in [-0.39, 0.29) is 11.7 Å². The second-order valence-corrected chi connectivity index (χ2v) is 5.43. The van der Waals surface area contributed by atoms with Gasteiger partial charge >= 0.3 is 5.97 Å². The molecule has 2 rings (SSSR count). The van der Waals surface area contributed by atoms with Crippen LogP contribution in [-0.2, 0) is 11.3 Å². The number of carbonyl (C=O) groups is 1. The Morgan fingerprint density at radius 1 is 1.29 bits per heavy atom. The van der Waals surface area contributed by atoms with E-state index in [1.165, 1.54) is 7.11 Å². The highest BCUT2D eigenvalue weighted by atomic mass is 79.9. The van der Waals surface area contributed by atoms with Crippen LogP contribution >= 0.6 is 15.9 Å². The Bertz CT molecular complexity index is 671. The van der Waals surface area contributed by atoms with Crippen LogP contribution in [0.1, 0.15) is 21.5 Å². The van der Waals surface area contributed by atoms with Crippen LogP contribution in [0, 0.1) is 6.92 Å². The van der Waals surface area contributed by atoms with Gasteiger partial charge in [-0.3, -0.25) is 0 Å². The lowest BCUT2D eigenvalue weighted by atomic mass is 10.1. The number of ether oxygens (including phenoxy) is 1. The van der Waals surface area contributed by atoms with Crippen molar-refractivity contribution in [1.29, 1.82) is 0 Å². The Morgan fingerprint density at radius 2 is 2.00 bits per heavy atom. The Morgan fingerprint density at radius 3 is 2.71 bits per heavy atom. The Labute approximate surface area is 131 Å². The van der Waals surface area contributed by atoms with Gasteiger partial charge in [0.05, 0.1) is 17.1 Å². The number of halogens is 1. The van der Waals surface area contributed by atoms with Crippen LogP contribution in [-0.4, -0.2) is 18.2 Å². The van der Waals surface area contributed by atoms with Gasteiger partial charge in [-0.05, 0) is 46.6 Å². The second kappa shape index (κ2) is 6.63. The molecule has 0 radical (unpaired) electrons. The van der Waals surface area contributed by atoms with E-state index in [4.69, 9.17) is 4.74 Å². The van der Waals surface area contributed by atoms with Crippen molar-refractivity contribution in [2.75, 3.05) is 12.4 Å². The Balaban J connectivity index is 2.21. The molecule has 2 N–H and O–H groups in total. The average molecular weight is 350 g/mol. The highest BCUT2D eigenvalue weighted by Crippen LogP contribution is 2.28. The van der Waals surface area contributed by atoms with Gasteiger partial charge in [-0.2, -0.15) is 0 Å². The molecule has 0 spiro atoms. The molecular weight excluding hydrogens is 334 g/mol. The number of hydrogen-bond acceptors (Lipinski definition) is 4. The average Bonchev–Trinajstić information content (AvgIpc) is 2.49. The third-order valence-corrected chi connectivity index (χ3v) is 3.92. The van der Waals surface area contributed by atoms with Gasteiger partial charge in [-0.25, -0.2) is 4.79 Å². The zero-order valence-electron chi connectivity index (χ0n) is 11.8. The lowest BCUT2D eigenvalue weighted by Crippen LogP contribution is -2.07. The summed E-state index contributed by atoms with van der Waals surface area (Å²) in [5.74, 6) is -0.145. The summed E-state index contributed by atoms with van der Waals surface area (Å²) in [5, 5.41) is 13.2. The highest BCUT2D eigenvalue weighted by molar-refractivity contribution is 9.10. The summed E-state index contributed by atoms with van der Waals surface area (Å²) >= 11 is 3.29. The standard InChI is InChI=1S/C16H16BrNO3/c1-10-12(16(20)21-2)6-4-8-14(10)18-9-11-5-3-7-13(17)15(11)19/h3-8,18-19H,9H2,1-2H3. The monoisotopic (exact) mass is 349 g/mol. The number of aromatic hydroxyl groups is 1. The first kappa shape index (κ1) is 15.4. The van der Waals surface area contributed by atoms with Crippen LogP contribution in [0.5, 0.6) is 5.75 Å². The number of methoxy groups -OCH3 is 1. The summed E-state index contributed by atoms with van der Waals surface area (Å²) in [5.41, 5.74) is 2.95. The maximum atomic E-state index is 11.7. The Kier molecular flexibility index (Phi) is 4.85. The van der Waals surface area contributed by atoms with Crippen LogP contribution in [0.2, 0.25) is 0 Å². The fourth-order valence-electron chi connectivity index (χ4n) is 2.05. The number of hydrogen-bond donors (Lipinski definition) is 2. The third-order valence-electron chi connectivity index (χ3n) is 3.28. The number of phenolic OH excluding ortho intramolecular Hbond substituents is 1. The third kappa shape index (κ3) is 3.36. The minimum atomic E-state index is -0.360. The lowest BCUT2D eigenvalue weighted by Gasteiger charge is -2.13.